The predicted molar refractivity (Wildman–Crippen MR) is 74.9 cm³/mol. The number of hydrogen-bond acceptors (Lipinski definition) is 4. The van der Waals surface area contributed by atoms with Gasteiger partial charge in [0.05, 0.1) is 17.4 Å². The highest BCUT2D eigenvalue weighted by Crippen LogP contribution is 2.07. The first-order chi connectivity index (χ1) is 8.93. The van der Waals surface area contributed by atoms with Gasteiger partial charge in [-0.3, -0.25) is 0 Å². The average molecular weight is 281 g/mol. The number of benzene rings is 1. The zero-order chi connectivity index (χ0) is 14.3. The molecule has 0 spiro atoms. The Morgan fingerprint density at radius 1 is 1.32 bits per heavy atom. The fourth-order valence-electron chi connectivity index (χ4n) is 1.57. The molecule has 0 saturated heterocycles. The Kier molecular flexibility index (Phi) is 5.96. The minimum absolute atomic E-state index is 0.107. The number of nitrogens with one attached hydrogen (secondary N) is 2. The molecule has 1 aromatic rings. The van der Waals surface area contributed by atoms with Crippen LogP contribution in [0.4, 0.5) is 0 Å². The Balaban J connectivity index is 2.52. The quantitative estimate of drug-likeness (QED) is 0.730. The van der Waals surface area contributed by atoms with E-state index < -0.39 is 10.0 Å². The molecular weight excluding hydrogens is 262 g/mol. The molecule has 19 heavy (non-hydrogen) atoms. The summed E-state index contributed by atoms with van der Waals surface area (Å²) in [5, 5.41) is 11.9. The topological polar surface area (TPSA) is 82.0 Å². The van der Waals surface area contributed by atoms with Gasteiger partial charge in [0.25, 0.3) is 0 Å². The Hall–Kier alpha value is -1.42. The van der Waals surface area contributed by atoms with E-state index in [0.29, 0.717) is 30.3 Å². The van der Waals surface area contributed by atoms with Crippen LogP contribution in [0.1, 0.15) is 25.0 Å². The molecule has 0 aromatic heterocycles. The third-order valence-corrected chi connectivity index (χ3v) is 3.77. The summed E-state index contributed by atoms with van der Waals surface area (Å²) in [6, 6.07) is 8.95. The molecule has 104 valence electrons. The molecule has 1 rings (SSSR count). The molecule has 6 heteroatoms. The summed E-state index contributed by atoms with van der Waals surface area (Å²) in [6.07, 6.45) is 0. The van der Waals surface area contributed by atoms with Crippen LogP contribution in [0, 0.1) is 11.3 Å². The van der Waals surface area contributed by atoms with Gasteiger partial charge in [-0.05, 0) is 17.7 Å². The molecule has 0 aliphatic heterocycles. The third kappa shape index (κ3) is 6.34. The van der Waals surface area contributed by atoms with Gasteiger partial charge in [-0.2, -0.15) is 5.26 Å². The van der Waals surface area contributed by atoms with Crippen molar-refractivity contribution in [3.63, 3.8) is 0 Å². The lowest BCUT2D eigenvalue weighted by molar-refractivity contribution is 0.559. The molecule has 0 amide bonds. The van der Waals surface area contributed by atoms with Gasteiger partial charge in [-0.1, -0.05) is 26.0 Å². The highest BCUT2D eigenvalue weighted by atomic mass is 32.2. The van der Waals surface area contributed by atoms with Crippen molar-refractivity contribution < 1.29 is 8.42 Å². The summed E-state index contributed by atoms with van der Waals surface area (Å²) in [5.41, 5.74) is 1.08. The molecule has 0 aliphatic rings. The lowest BCUT2D eigenvalue weighted by atomic mass is 10.2. The first-order valence-electron chi connectivity index (χ1n) is 6.13. The normalized spacial score (nSPS) is 11.5. The second-order valence-electron chi connectivity index (χ2n) is 4.57. The second kappa shape index (κ2) is 7.24. The summed E-state index contributed by atoms with van der Waals surface area (Å²) >= 11 is 0. The second-order valence-corrected chi connectivity index (χ2v) is 6.38. The fourth-order valence-corrected chi connectivity index (χ4v) is 2.70. The van der Waals surface area contributed by atoms with Gasteiger partial charge in [0.2, 0.25) is 10.0 Å². The van der Waals surface area contributed by atoms with Crippen LogP contribution in [0.5, 0.6) is 0 Å². The molecular formula is C13H19N3O2S. The summed E-state index contributed by atoms with van der Waals surface area (Å²) in [7, 11) is -3.36. The molecule has 0 bridgehead atoms. The standard InChI is InChI=1S/C13H19N3O2S/c1-11(2)15-6-7-16-19(17,18)10-13-5-3-4-12(8-13)9-14/h3-5,8,11,15-16H,6-7,10H2,1-2H3. The number of sulfonamides is 1. The van der Waals surface area contributed by atoms with E-state index in [4.69, 9.17) is 5.26 Å². The van der Waals surface area contributed by atoms with Gasteiger partial charge in [-0.15, -0.1) is 0 Å². The molecule has 0 unspecified atom stereocenters. The van der Waals surface area contributed by atoms with Crippen LogP contribution >= 0.6 is 0 Å². The molecule has 0 fully saturated rings. The summed E-state index contributed by atoms with van der Waals surface area (Å²) in [5.74, 6) is -0.107. The number of hydrogen-bond donors (Lipinski definition) is 2. The smallest absolute Gasteiger partial charge is 0.215 e. The monoisotopic (exact) mass is 281 g/mol. The van der Waals surface area contributed by atoms with Gasteiger partial charge in [-0.25, -0.2) is 13.1 Å². The largest absolute Gasteiger partial charge is 0.313 e. The lowest BCUT2D eigenvalue weighted by Gasteiger charge is -2.10. The highest BCUT2D eigenvalue weighted by molar-refractivity contribution is 7.88. The molecule has 0 aliphatic carbocycles. The minimum atomic E-state index is -3.36. The van der Waals surface area contributed by atoms with Crippen molar-refractivity contribution >= 4 is 10.0 Å². The first kappa shape index (κ1) is 15.6. The van der Waals surface area contributed by atoms with Gasteiger partial charge in [0, 0.05) is 19.1 Å². The summed E-state index contributed by atoms with van der Waals surface area (Å²) in [6.45, 7) is 4.96. The van der Waals surface area contributed by atoms with Crippen LogP contribution in [-0.4, -0.2) is 27.5 Å². The first-order valence-corrected chi connectivity index (χ1v) is 7.78. The van der Waals surface area contributed by atoms with Crippen molar-refractivity contribution in [3.8, 4) is 6.07 Å². The van der Waals surface area contributed by atoms with Crippen molar-refractivity contribution in [1.82, 2.24) is 10.0 Å². The molecule has 5 nitrogen and oxygen atoms in total. The van der Waals surface area contributed by atoms with Gasteiger partial charge >= 0.3 is 0 Å². The van der Waals surface area contributed by atoms with Crippen molar-refractivity contribution in [3.05, 3.63) is 35.4 Å². The molecule has 0 atom stereocenters. The van der Waals surface area contributed by atoms with E-state index in [-0.39, 0.29) is 5.75 Å². The molecule has 0 radical (unpaired) electrons. The number of nitriles is 1. The van der Waals surface area contributed by atoms with Crippen LogP contribution in [0.15, 0.2) is 24.3 Å². The van der Waals surface area contributed by atoms with Crippen molar-refractivity contribution in [2.24, 2.45) is 0 Å². The maximum Gasteiger partial charge on any atom is 0.215 e. The Morgan fingerprint density at radius 2 is 2.05 bits per heavy atom. The molecule has 0 saturated carbocycles. The average Bonchev–Trinajstić information content (AvgIpc) is 2.34. The van der Waals surface area contributed by atoms with Crippen LogP contribution in [-0.2, 0) is 15.8 Å². The fraction of sp³-hybridized carbons (Fsp3) is 0.462. The van der Waals surface area contributed by atoms with E-state index in [1.54, 1.807) is 24.3 Å². The number of nitrogens with zero attached hydrogens (tertiary/aromatic N) is 1. The Bertz CT molecular complexity index is 547. The van der Waals surface area contributed by atoms with E-state index in [0.717, 1.165) is 0 Å². The van der Waals surface area contributed by atoms with Crippen LogP contribution in [0.2, 0.25) is 0 Å². The van der Waals surface area contributed by atoms with Crippen LogP contribution in [0.3, 0.4) is 0 Å². The van der Waals surface area contributed by atoms with E-state index in [1.807, 2.05) is 19.9 Å². The van der Waals surface area contributed by atoms with Crippen molar-refractivity contribution in [2.45, 2.75) is 25.6 Å². The van der Waals surface area contributed by atoms with Gasteiger partial charge in [0.15, 0.2) is 0 Å². The van der Waals surface area contributed by atoms with Crippen molar-refractivity contribution in [2.75, 3.05) is 13.1 Å². The minimum Gasteiger partial charge on any atom is -0.313 e. The van der Waals surface area contributed by atoms with Crippen LogP contribution in [0.25, 0.3) is 0 Å². The van der Waals surface area contributed by atoms with E-state index >= 15 is 0 Å². The SMILES string of the molecule is CC(C)NCCNS(=O)(=O)Cc1cccc(C#N)c1. The Morgan fingerprint density at radius 3 is 2.68 bits per heavy atom. The third-order valence-electron chi connectivity index (χ3n) is 2.41. The zero-order valence-electron chi connectivity index (χ0n) is 11.2. The van der Waals surface area contributed by atoms with E-state index in [9.17, 15) is 8.42 Å². The molecule has 0 heterocycles. The number of rotatable bonds is 7. The lowest BCUT2D eigenvalue weighted by Crippen LogP contribution is -2.35. The van der Waals surface area contributed by atoms with E-state index in [1.165, 1.54) is 0 Å². The summed E-state index contributed by atoms with van der Waals surface area (Å²) < 4.78 is 26.2. The molecule has 1 aromatic carbocycles. The van der Waals surface area contributed by atoms with Gasteiger partial charge < -0.3 is 5.32 Å². The van der Waals surface area contributed by atoms with Gasteiger partial charge in [0.1, 0.15) is 0 Å². The molecule has 2 N–H and O–H groups in total. The van der Waals surface area contributed by atoms with E-state index in [2.05, 4.69) is 10.0 Å². The van der Waals surface area contributed by atoms with Crippen molar-refractivity contribution in [1.29, 1.82) is 5.26 Å². The van der Waals surface area contributed by atoms with Crippen LogP contribution < -0.4 is 10.0 Å². The Labute approximate surface area is 114 Å². The predicted octanol–water partition coefficient (Wildman–Crippen LogP) is 0.976. The zero-order valence-corrected chi connectivity index (χ0v) is 12.0. The maximum atomic E-state index is 11.8. The highest BCUT2D eigenvalue weighted by Gasteiger charge is 2.11. The summed E-state index contributed by atoms with van der Waals surface area (Å²) in [4.78, 5) is 0. The maximum absolute atomic E-state index is 11.8.